The molecule has 1 aliphatic carbocycles. The molecular weight excluding hydrogens is 407 g/mol. The Morgan fingerprint density at radius 2 is 2.00 bits per heavy atom. The fourth-order valence-electron chi connectivity index (χ4n) is 5.02. The lowest BCUT2D eigenvalue weighted by Crippen LogP contribution is -2.40. The van der Waals surface area contributed by atoms with Crippen LogP contribution in [0.2, 0.25) is 0 Å². The summed E-state index contributed by atoms with van der Waals surface area (Å²) in [7, 11) is 1.58. The van der Waals surface area contributed by atoms with Gasteiger partial charge in [-0.3, -0.25) is 0 Å². The van der Waals surface area contributed by atoms with Gasteiger partial charge in [0.15, 0.2) is 0 Å². The van der Waals surface area contributed by atoms with E-state index in [0.717, 1.165) is 22.9 Å². The van der Waals surface area contributed by atoms with E-state index in [2.05, 4.69) is 19.2 Å². The van der Waals surface area contributed by atoms with E-state index in [-0.39, 0.29) is 18.1 Å². The Hall–Kier alpha value is -2.86. The first kappa shape index (κ1) is 22.3. The molecule has 1 heterocycles. The predicted octanol–water partition coefficient (Wildman–Crippen LogP) is 5.45. The number of nitrogens with zero attached hydrogens (tertiary/aromatic N) is 1. The molecule has 1 fully saturated rings. The molecular formula is C26H31FN2O3. The fraction of sp³-hybridized carbons (Fsp3) is 0.423. The summed E-state index contributed by atoms with van der Waals surface area (Å²) in [6.45, 7) is 5.14. The number of aromatic nitrogens is 1. The quantitative estimate of drug-likeness (QED) is 0.515. The first-order chi connectivity index (χ1) is 15.4. The molecule has 0 saturated heterocycles. The third-order valence-electron chi connectivity index (χ3n) is 7.11. The van der Waals surface area contributed by atoms with Crippen LogP contribution in [0.5, 0.6) is 5.75 Å². The number of nitrogens with one attached hydrogen (secondary N) is 1. The van der Waals surface area contributed by atoms with Gasteiger partial charge in [-0.05, 0) is 36.5 Å². The second-order valence-corrected chi connectivity index (χ2v) is 8.95. The van der Waals surface area contributed by atoms with Crippen molar-refractivity contribution in [2.75, 3.05) is 7.11 Å². The fourth-order valence-corrected chi connectivity index (χ4v) is 5.02. The van der Waals surface area contributed by atoms with Gasteiger partial charge in [-0.2, -0.15) is 0 Å². The molecule has 0 spiro atoms. The van der Waals surface area contributed by atoms with E-state index in [1.807, 2.05) is 18.2 Å². The monoisotopic (exact) mass is 438 g/mol. The zero-order valence-corrected chi connectivity index (χ0v) is 18.9. The van der Waals surface area contributed by atoms with E-state index in [9.17, 15) is 14.3 Å². The third-order valence-corrected chi connectivity index (χ3v) is 7.11. The molecule has 1 aromatic heterocycles. The van der Waals surface area contributed by atoms with E-state index in [1.165, 1.54) is 18.9 Å². The van der Waals surface area contributed by atoms with Gasteiger partial charge in [0.1, 0.15) is 17.3 Å². The third kappa shape index (κ3) is 4.24. The second-order valence-electron chi connectivity index (χ2n) is 8.95. The summed E-state index contributed by atoms with van der Waals surface area (Å²) in [5.74, 6) is 0.448. The SMILES string of the molecule is COc1ccc2c(CNC3CCCC(C)C3C)c(C(=O)O)n(Cc3ccccc3F)c2c1. The van der Waals surface area contributed by atoms with Gasteiger partial charge in [0, 0.05) is 35.2 Å². The van der Waals surface area contributed by atoms with Crippen molar-refractivity contribution in [2.24, 2.45) is 11.8 Å². The normalized spacial score (nSPS) is 21.1. The molecule has 0 amide bonds. The number of aromatic carboxylic acids is 1. The zero-order valence-electron chi connectivity index (χ0n) is 18.9. The number of carboxylic acid groups (broad SMARTS) is 1. The average Bonchev–Trinajstić information content (AvgIpc) is 3.09. The number of carbonyl (C=O) groups is 1. The van der Waals surface area contributed by atoms with Crippen molar-refractivity contribution in [2.45, 2.75) is 52.2 Å². The van der Waals surface area contributed by atoms with Crippen molar-refractivity contribution in [3.05, 3.63) is 65.1 Å². The number of carboxylic acids is 1. The average molecular weight is 439 g/mol. The lowest BCUT2D eigenvalue weighted by atomic mass is 9.78. The smallest absolute Gasteiger partial charge is 0.352 e. The summed E-state index contributed by atoms with van der Waals surface area (Å²) >= 11 is 0. The van der Waals surface area contributed by atoms with E-state index < -0.39 is 5.97 Å². The molecule has 2 aromatic carbocycles. The van der Waals surface area contributed by atoms with Crippen LogP contribution in [0, 0.1) is 17.7 Å². The van der Waals surface area contributed by atoms with Gasteiger partial charge in [0.2, 0.25) is 0 Å². The first-order valence-electron chi connectivity index (χ1n) is 11.3. The topological polar surface area (TPSA) is 63.5 Å². The van der Waals surface area contributed by atoms with E-state index in [1.54, 1.807) is 29.9 Å². The lowest BCUT2D eigenvalue weighted by molar-refractivity contribution is 0.0684. The van der Waals surface area contributed by atoms with Crippen molar-refractivity contribution in [3.8, 4) is 5.75 Å². The van der Waals surface area contributed by atoms with Crippen molar-refractivity contribution >= 4 is 16.9 Å². The van der Waals surface area contributed by atoms with Gasteiger partial charge in [-0.25, -0.2) is 9.18 Å². The Morgan fingerprint density at radius 3 is 2.72 bits per heavy atom. The van der Waals surface area contributed by atoms with Crippen LogP contribution in [-0.4, -0.2) is 28.8 Å². The highest BCUT2D eigenvalue weighted by Crippen LogP contribution is 2.33. The minimum atomic E-state index is -1.02. The number of benzene rings is 2. The number of rotatable bonds is 7. The lowest BCUT2D eigenvalue weighted by Gasteiger charge is -2.34. The Morgan fingerprint density at radius 1 is 1.22 bits per heavy atom. The Balaban J connectivity index is 1.78. The molecule has 2 N–H and O–H groups in total. The van der Waals surface area contributed by atoms with Crippen LogP contribution in [-0.2, 0) is 13.1 Å². The van der Waals surface area contributed by atoms with Crippen LogP contribution in [0.3, 0.4) is 0 Å². The van der Waals surface area contributed by atoms with Crippen molar-refractivity contribution in [3.63, 3.8) is 0 Å². The number of halogens is 1. The maximum Gasteiger partial charge on any atom is 0.352 e. The van der Waals surface area contributed by atoms with Crippen LogP contribution >= 0.6 is 0 Å². The van der Waals surface area contributed by atoms with Gasteiger partial charge in [0.25, 0.3) is 0 Å². The standard InChI is InChI=1S/C26H31FN2O3/c1-16-7-6-10-23(17(16)2)28-14-21-20-12-11-19(32-3)13-24(20)29(25(21)26(30)31)15-18-8-4-5-9-22(18)27/h4-5,8-9,11-13,16-17,23,28H,6-7,10,14-15H2,1-3H3,(H,30,31). The summed E-state index contributed by atoms with van der Waals surface area (Å²) in [4.78, 5) is 12.4. The summed E-state index contributed by atoms with van der Waals surface area (Å²) in [5, 5.41) is 14.7. The van der Waals surface area contributed by atoms with E-state index in [0.29, 0.717) is 35.7 Å². The molecule has 0 bridgehead atoms. The molecule has 5 nitrogen and oxygen atoms in total. The van der Waals surface area contributed by atoms with Gasteiger partial charge >= 0.3 is 5.97 Å². The van der Waals surface area contributed by atoms with E-state index >= 15 is 0 Å². The van der Waals surface area contributed by atoms with Crippen LogP contribution in [0.4, 0.5) is 4.39 Å². The molecule has 170 valence electrons. The number of methoxy groups -OCH3 is 1. The predicted molar refractivity (Wildman–Crippen MR) is 124 cm³/mol. The minimum Gasteiger partial charge on any atom is -0.497 e. The molecule has 1 aliphatic rings. The Bertz CT molecular complexity index is 1120. The maximum atomic E-state index is 14.4. The van der Waals surface area contributed by atoms with Gasteiger partial charge < -0.3 is 19.7 Å². The highest BCUT2D eigenvalue weighted by Gasteiger charge is 2.28. The molecule has 6 heteroatoms. The van der Waals surface area contributed by atoms with Gasteiger partial charge in [-0.1, -0.05) is 44.9 Å². The molecule has 4 rings (SSSR count). The number of ether oxygens (including phenoxy) is 1. The number of fused-ring (bicyclic) bond motifs is 1. The van der Waals surface area contributed by atoms with Crippen molar-refractivity contribution in [1.29, 1.82) is 0 Å². The van der Waals surface area contributed by atoms with Crippen molar-refractivity contribution < 1.29 is 19.0 Å². The molecule has 32 heavy (non-hydrogen) atoms. The van der Waals surface area contributed by atoms with Crippen LogP contribution in [0.15, 0.2) is 42.5 Å². The first-order valence-corrected chi connectivity index (χ1v) is 11.3. The summed E-state index contributed by atoms with van der Waals surface area (Å²) < 4.78 is 21.5. The number of hydrogen-bond acceptors (Lipinski definition) is 3. The minimum absolute atomic E-state index is 0.134. The Labute approximate surface area is 188 Å². The highest BCUT2D eigenvalue weighted by molar-refractivity contribution is 5.98. The summed E-state index contributed by atoms with van der Waals surface area (Å²) in [6.07, 6.45) is 3.51. The second kappa shape index (κ2) is 9.33. The van der Waals surface area contributed by atoms with Gasteiger partial charge in [0.05, 0.1) is 19.2 Å². The summed E-state index contributed by atoms with van der Waals surface area (Å²) in [6, 6.07) is 12.4. The van der Waals surface area contributed by atoms with Crippen molar-refractivity contribution in [1.82, 2.24) is 9.88 Å². The van der Waals surface area contributed by atoms with E-state index in [4.69, 9.17) is 4.74 Å². The van der Waals surface area contributed by atoms with Crippen LogP contribution < -0.4 is 10.1 Å². The molecule has 1 saturated carbocycles. The largest absolute Gasteiger partial charge is 0.497 e. The van der Waals surface area contributed by atoms with Gasteiger partial charge in [-0.15, -0.1) is 0 Å². The molecule has 3 unspecified atom stereocenters. The number of hydrogen-bond donors (Lipinski definition) is 2. The molecule has 0 radical (unpaired) electrons. The zero-order chi connectivity index (χ0) is 22.8. The highest BCUT2D eigenvalue weighted by atomic mass is 19.1. The maximum absolute atomic E-state index is 14.4. The van der Waals surface area contributed by atoms with Crippen LogP contribution in [0.1, 0.15) is 54.7 Å². The summed E-state index contributed by atoms with van der Waals surface area (Å²) in [5.41, 5.74) is 2.10. The molecule has 0 aliphatic heterocycles. The molecule has 3 atom stereocenters. The Kier molecular flexibility index (Phi) is 6.51. The molecule has 3 aromatic rings. The van der Waals surface area contributed by atoms with Crippen LogP contribution in [0.25, 0.3) is 10.9 Å².